The Bertz CT molecular complexity index is 209. The van der Waals surface area contributed by atoms with Crippen LogP contribution in [0.25, 0.3) is 0 Å². The summed E-state index contributed by atoms with van der Waals surface area (Å²) < 4.78 is 4.95. The van der Waals surface area contributed by atoms with E-state index in [9.17, 15) is 4.79 Å². The molecule has 1 aliphatic rings. The first kappa shape index (κ1) is 12.5. The maximum Gasteiger partial charge on any atom is 0.320 e. The van der Waals surface area contributed by atoms with Crippen molar-refractivity contribution in [1.82, 2.24) is 9.80 Å². The van der Waals surface area contributed by atoms with Gasteiger partial charge in [-0.2, -0.15) is 0 Å². The van der Waals surface area contributed by atoms with Gasteiger partial charge >= 0.3 is 5.97 Å². The van der Waals surface area contributed by atoms with Gasteiger partial charge in [-0.1, -0.05) is 0 Å². The second kappa shape index (κ2) is 5.47. The van der Waals surface area contributed by atoms with Crippen molar-refractivity contribution >= 4 is 5.97 Å². The van der Waals surface area contributed by atoms with Gasteiger partial charge in [0.05, 0.1) is 13.2 Å². The van der Waals surface area contributed by atoms with Crippen LogP contribution in [-0.2, 0) is 9.53 Å². The summed E-state index contributed by atoms with van der Waals surface area (Å²) in [7, 11) is 2.14. The average molecular weight is 214 g/mol. The number of ether oxygens (including phenoxy) is 1. The van der Waals surface area contributed by atoms with E-state index in [4.69, 9.17) is 4.74 Å². The molecular weight excluding hydrogens is 192 g/mol. The molecule has 1 heterocycles. The first-order chi connectivity index (χ1) is 7.04. The van der Waals surface area contributed by atoms with Gasteiger partial charge in [0, 0.05) is 25.2 Å². The number of rotatable bonds is 3. The van der Waals surface area contributed by atoms with Crippen LogP contribution in [0.2, 0.25) is 0 Å². The Balaban J connectivity index is 2.41. The predicted molar refractivity (Wildman–Crippen MR) is 59.8 cm³/mol. The van der Waals surface area contributed by atoms with Crippen LogP contribution in [0.15, 0.2) is 0 Å². The van der Waals surface area contributed by atoms with E-state index in [1.165, 1.54) is 0 Å². The number of esters is 1. The van der Waals surface area contributed by atoms with Gasteiger partial charge in [-0.3, -0.25) is 14.6 Å². The van der Waals surface area contributed by atoms with E-state index in [1.807, 2.05) is 6.92 Å². The van der Waals surface area contributed by atoms with Crippen LogP contribution in [0.3, 0.4) is 0 Å². The largest absolute Gasteiger partial charge is 0.465 e. The molecule has 0 aromatic carbocycles. The van der Waals surface area contributed by atoms with Gasteiger partial charge in [0.1, 0.15) is 0 Å². The Kier molecular flexibility index (Phi) is 4.54. The van der Waals surface area contributed by atoms with Crippen molar-refractivity contribution in [2.75, 3.05) is 33.3 Å². The molecular formula is C11H22N2O2. The second-order valence-electron chi connectivity index (χ2n) is 4.36. The van der Waals surface area contributed by atoms with E-state index in [1.54, 1.807) is 0 Å². The monoisotopic (exact) mass is 214 g/mol. The minimum Gasteiger partial charge on any atom is -0.465 e. The first-order valence-electron chi connectivity index (χ1n) is 5.64. The van der Waals surface area contributed by atoms with Crippen molar-refractivity contribution in [2.45, 2.75) is 32.9 Å². The molecule has 0 radical (unpaired) electrons. The molecule has 0 N–H and O–H groups in total. The minimum absolute atomic E-state index is 0.110. The van der Waals surface area contributed by atoms with Gasteiger partial charge in [-0.05, 0) is 27.8 Å². The lowest BCUT2D eigenvalue weighted by Crippen LogP contribution is -2.55. The van der Waals surface area contributed by atoms with Crippen molar-refractivity contribution in [2.24, 2.45) is 0 Å². The summed E-state index contributed by atoms with van der Waals surface area (Å²) in [5.41, 5.74) is 0. The summed E-state index contributed by atoms with van der Waals surface area (Å²) in [6.07, 6.45) is 0. The average Bonchev–Trinajstić information content (AvgIpc) is 2.14. The third-order valence-corrected chi connectivity index (χ3v) is 3.09. The molecule has 0 spiro atoms. The quantitative estimate of drug-likeness (QED) is 0.643. The highest BCUT2D eigenvalue weighted by Gasteiger charge is 2.27. The molecule has 0 saturated carbocycles. The minimum atomic E-state index is -0.110. The van der Waals surface area contributed by atoms with Crippen LogP contribution >= 0.6 is 0 Å². The molecule has 2 unspecified atom stereocenters. The van der Waals surface area contributed by atoms with Gasteiger partial charge in [-0.15, -0.1) is 0 Å². The molecule has 15 heavy (non-hydrogen) atoms. The van der Waals surface area contributed by atoms with Crippen LogP contribution in [-0.4, -0.2) is 61.1 Å². The topological polar surface area (TPSA) is 32.8 Å². The summed E-state index contributed by atoms with van der Waals surface area (Å²) >= 11 is 0. The van der Waals surface area contributed by atoms with E-state index < -0.39 is 0 Å². The zero-order valence-electron chi connectivity index (χ0n) is 10.2. The Labute approximate surface area is 92.2 Å². The van der Waals surface area contributed by atoms with E-state index in [-0.39, 0.29) is 5.97 Å². The summed E-state index contributed by atoms with van der Waals surface area (Å²) in [4.78, 5) is 15.9. The zero-order valence-corrected chi connectivity index (χ0v) is 10.2. The molecule has 1 fully saturated rings. The number of carbonyl (C=O) groups is 1. The van der Waals surface area contributed by atoms with Gasteiger partial charge < -0.3 is 4.74 Å². The van der Waals surface area contributed by atoms with Gasteiger partial charge in [0.2, 0.25) is 0 Å². The molecule has 0 aliphatic carbocycles. The normalized spacial score (nSPS) is 29.1. The Morgan fingerprint density at radius 2 is 1.87 bits per heavy atom. The van der Waals surface area contributed by atoms with Crippen LogP contribution in [0, 0.1) is 0 Å². The molecule has 1 aliphatic heterocycles. The predicted octanol–water partition coefficient (Wildman–Crippen LogP) is 0.574. The van der Waals surface area contributed by atoms with E-state index in [2.05, 4.69) is 30.7 Å². The lowest BCUT2D eigenvalue weighted by Gasteiger charge is -2.41. The number of hydrogen-bond donors (Lipinski definition) is 0. The smallest absolute Gasteiger partial charge is 0.320 e. The second-order valence-corrected chi connectivity index (χ2v) is 4.36. The fourth-order valence-corrected chi connectivity index (χ4v) is 2.03. The summed E-state index contributed by atoms with van der Waals surface area (Å²) in [6, 6.07) is 1.01. The first-order valence-corrected chi connectivity index (χ1v) is 5.64. The summed E-state index contributed by atoms with van der Waals surface area (Å²) in [5, 5.41) is 0. The highest BCUT2D eigenvalue weighted by Crippen LogP contribution is 2.12. The lowest BCUT2D eigenvalue weighted by atomic mass is 10.1. The van der Waals surface area contributed by atoms with E-state index in [0.29, 0.717) is 25.2 Å². The number of nitrogens with zero attached hydrogens (tertiary/aromatic N) is 2. The van der Waals surface area contributed by atoms with E-state index in [0.717, 1.165) is 13.1 Å². The fraction of sp³-hybridized carbons (Fsp3) is 0.909. The standard InChI is InChI=1S/C11H22N2O2/c1-5-15-11(14)8-13-6-9(2)12(4)10(3)7-13/h9-10H,5-8H2,1-4H3. The summed E-state index contributed by atoms with van der Waals surface area (Å²) in [6.45, 7) is 9.00. The Morgan fingerprint density at radius 3 is 2.33 bits per heavy atom. The van der Waals surface area contributed by atoms with Gasteiger partial charge in [0.15, 0.2) is 0 Å². The molecule has 4 heteroatoms. The van der Waals surface area contributed by atoms with Crippen molar-refractivity contribution in [1.29, 1.82) is 0 Å². The van der Waals surface area contributed by atoms with Crippen LogP contribution in [0.5, 0.6) is 0 Å². The van der Waals surface area contributed by atoms with Crippen LogP contribution in [0.1, 0.15) is 20.8 Å². The molecule has 0 aromatic rings. The SMILES string of the molecule is CCOC(=O)CN1CC(C)N(C)C(C)C1. The molecule has 0 amide bonds. The number of hydrogen-bond acceptors (Lipinski definition) is 4. The van der Waals surface area contributed by atoms with Gasteiger partial charge in [0.25, 0.3) is 0 Å². The highest BCUT2D eigenvalue weighted by molar-refractivity contribution is 5.71. The van der Waals surface area contributed by atoms with Gasteiger partial charge in [-0.25, -0.2) is 0 Å². The zero-order chi connectivity index (χ0) is 11.4. The highest BCUT2D eigenvalue weighted by atomic mass is 16.5. The maximum absolute atomic E-state index is 11.3. The van der Waals surface area contributed by atoms with E-state index >= 15 is 0 Å². The molecule has 88 valence electrons. The molecule has 1 rings (SSSR count). The molecule has 1 saturated heterocycles. The van der Waals surface area contributed by atoms with Crippen LogP contribution in [0.4, 0.5) is 0 Å². The third-order valence-electron chi connectivity index (χ3n) is 3.09. The number of piperazine rings is 1. The Hall–Kier alpha value is -0.610. The van der Waals surface area contributed by atoms with Crippen molar-refractivity contribution < 1.29 is 9.53 Å². The maximum atomic E-state index is 11.3. The third kappa shape index (κ3) is 3.47. The van der Waals surface area contributed by atoms with Crippen molar-refractivity contribution in [3.63, 3.8) is 0 Å². The van der Waals surface area contributed by atoms with Crippen LogP contribution < -0.4 is 0 Å². The number of likely N-dealkylation sites (N-methyl/N-ethyl adjacent to an activating group) is 1. The molecule has 4 nitrogen and oxygen atoms in total. The van der Waals surface area contributed by atoms with Crippen molar-refractivity contribution in [3.05, 3.63) is 0 Å². The summed E-state index contributed by atoms with van der Waals surface area (Å²) in [5.74, 6) is -0.110. The molecule has 0 aromatic heterocycles. The molecule has 0 bridgehead atoms. The lowest BCUT2D eigenvalue weighted by molar-refractivity contribution is -0.145. The van der Waals surface area contributed by atoms with Crippen molar-refractivity contribution in [3.8, 4) is 0 Å². The molecule has 2 atom stereocenters. The number of carbonyl (C=O) groups excluding carboxylic acids is 1. The Morgan fingerprint density at radius 1 is 1.33 bits per heavy atom. The fourth-order valence-electron chi connectivity index (χ4n) is 2.03.